The molecule has 20 heavy (non-hydrogen) atoms. The first-order valence-electron chi connectivity index (χ1n) is 7.31. The van der Waals surface area contributed by atoms with Crippen molar-refractivity contribution in [2.45, 2.75) is 46.7 Å². The molecule has 0 fully saturated rings. The maximum absolute atomic E-state index is 5.21. The van der Waals surface area contributed by atoms with Gasteiger partial charge in [-0.1, -0.05) is 0 Å². The van der Waals surface area contributed by atoms with Gasteiger partial charge in [-0.05, 0) is 34.6 Å². The standard InChI is InChI=1S/C15H30N4O/c1-8-19(9-10-20-7)14-13(11-16-15(3,4)5)12(2)17-18(14)6/h16H,8-11H2,1-7H3. The third-order valence-electron chi connectivity index (χ3n) is 3.36. The summed E-state index contributed by atoms with van der Waals surface area (Å²) in [5.74, 6) is 1.19. The van der Waals surface area contributed by atoms with Crippen molar-refractivity contribution >= 4 is 5.82 Å². The normalized spacial score (nSPS) is 11.9. The van der Waals surface area contributed by atoms with Crippen molar-refractivity contribution < 1.29 is 4.74 Å². The molecule has 0 aromatic carbocycles. The Balaban J connectivity index is 2.98. The lowest BCUT2D eigenvalue weighted by Gasteiger charge is -2.26. The molecule has 0 radical (unpaired) electrons. The number of aryl methyl sites for hydroxylation is 2. The Bertz CT molecular complexity index is 420. The molecule has 0 bridgehead atoms. The van der Waals surface area contributed by atoms with E-state index in [4.69, 9.17) is 4.74 Å². The highest BCUT2D eigenvalue weighted by Gasteiger charge is 2.20. The van der Waals surface area contributed by atoms with Crippen molar-refractivity contribution in [3.8, 4) is 0 Å². The van der Waals surface area contributed by atoms with Crippen molar-refractivity contribution in [2.24, 2.45) is 7.05 Å². The number of likely N-dealkylation sites (N-methyl/N-ethyl adjacent to an activating group) is 1. The van der Waals surface area contributed by atoms with Gasteiger partial charge in [0.2, 0.25) is 0 Å². The summed E-state index contributed by atoms with van der Waals surface area (Å²) in [7, 11) is 3.75. The molecule has 0 saturated heterocycles. The SMILES string of the molecule is CCN(CCOC)c1c(CNC(C)(C)C)c(C)nn1C. The molecule has 116 valence electrons. The maximum atomic E-state index is 5.21. The number of aromatic nitrogens is 2. The van der Waals surface area contributed by atoms with Crippen molar-refractivity contribution in [2.75, 3.05) is 31.7 Å². The molecule has 0 amide bonds. The monoisotopic (exact) mass is 282 g/mol. The van der Waals surface area contributed by atoms with Gasteiger partial charge in [0, 0.05) is 44.9 Å². The molecule has 5 heteroatoms. The lowest BCUT2D eigenvalue weighted by molar-refractivity contribution is 0.205. The molecule has 0 aliphatic carbocycles. The van der Waals surface area contributed by atoms with Crippen LogP contribution in [0.15, 0.2) is 0 Å². The quantitative estimate of drug-likeness (QED) is 0.831. The average molecular weight is 282 g/mol. The van der Waals surface area contributed by atoms with Crippen LogP contribution in [0.5, 0.6) is 0 Å². The first-order chi connectivity index (χ1) is 9.30. The minimum absolute atomic E-state index is 0.100. The number of hydrogen-bond donors (Lipinski definition) is 1. The second kappa shape index (κ2) is 7.09. The van der Waals surface area contributed by atoms with Gasteiger partial charge in [0.25, 0.3) is 0 Å². The van der Waals surface area contributed by atoms with Crippen molar-refractivity contribution in [3.63, 3.8) is 0 Å². The second-order valence-electron chi connectivity index (χ2n) is 6.19. The van der Waals surface area contributed by atoms with Gasteiger partial charge in [-0.2, -0.15) is 5.10 Å². The van der Waals surface area contributed by atoms with E-state index in [9.17, 15) is 0 Å². The number of anilines is 1. The van der Waals surface area contributed by atoms with Crippen LogP contribution in [0.3, 0.4) is 0 Å². The number of ether oxygens (including phenoxy) is 1. The van der Waals surface area contributed by atoms with E-state index in [1.807, 2.05) is 11.7 Å². The van der Waals surface area contributed by atoms with Crippen molar-refractivity contribution in [1.29, 1.82) is 0 Å². The van der Waals surface area contributed by atoms with E-state index in [1.165, 1.54) is 11.4 Å². The minimum atomic E-state index is 0.100. The third-order valence-corrected chi connectivity index (χ3v) is 3.36. The zero-order valence-corrected chi connectivity index (χ0v) is 14.1. The van der Waals surface area contributed by atoms with Crippen LogP contribution < -0.4 is 10.2 Å². The molecule has 1 aromatic heterocycles. The molecule has 0 aliphatic rings. The molecular weight excluding hydrogens is 252 g/mol. The minimum Gasteiger partial charge on any atom is -0.383 e. The second-order valence-corrected chi connectivity index (χ2v) is 6.19. The maximum Gasteiger partial charge on any atom is 0.131 e. The highest BCUT2D eigenvalue weighted by atomic mass is 16.5. The smallest absolute Gasteiger partial charge is 0.131 e. The number of nitrogens with one attached hydrogen (secondary N) is 1. The topological polar surface area (TPSA) is 42.3 Å². The van der Waals surface area contributed by atoms with E-state index < -0.39 is 0 Å². The molecule has 0 unspecified atom stereocenters. The van der Waals surface area contributed by atoms with E-state index in [0.29, 0.717) is 0 Å². The summed E-state index contributed by atoms with van der Waals surface area (Å²) in [6, 6.07) is 0. The van der Waals surface area contributed by atoms with Crippen LogP contribution in [0.25, 0.3) is 0 Å². The predicted octanol–water partition coefficient (Wildman–Crippen LogP) is 2.09. The van der Waals surface area contributed by atoms with Gasteiger partial charge in [-0.3, -0.25) is 4.68 Å². The number of methoxy groups -OCH3 is 1. The molecule has 1 rings (SSSR count). The fourth-order valence-electron chi connectivity index (χ4n) is 2.26. The van der Waals surface area contributed by atoms with Crippen molar-refractivity contribution in [1.82, 2.24) is 15.1 Å². The summed E-state index contributed by atoms with van der Waals surface area (Å²) < 4.78 is 7.19. The van der Waals surface area contributed by atoms with Crippen molar-refractivity contribution in [3.05, 3.63) is 11.3 Å². The zero-order chi connectivity index (χ0) is 15.3. The lowest BCUT2D eigenvalue weighted by Crippen LogP contribution is -2.36. The fraction of sp³-hybridized carbons (Fsp3) is 0.800. The van der Waals surface area contributed by atoms with Crippen LogP contribution in [-0.2, 0) is 18.3 Å². The number of hydrogen-bond acceptors (Lipinski definition) is 4. The highest BCUT2D eigenvalue weighted by Crippen LogP contribution is 2.23. The van der Waals surface area contributed by atoms with Gasteiger partial charge in [0.05, 0.1) is 12.3 Å². The van der Waals surface area contributed by atoms with Crippen LogP contribution >= 0.6 is 0 Å². The molecule has 0 spiro atoms. The Morgan fingerprint density at radius 2 is 2.00 bits per heavy atom. The van der Waals surface area contributed by atoms with Gasteiger partial charge in [-0.25, -0.2) is 0 Å². The van der Waals surface area contributed by atoms with E-state index in [-0.39, 0.29) is 5.54 Å². The van der Waals surface area contributed by atoms with Gasteiger partial charge in [0.1, 0.15) is 5.82 Å². The number of nitrogens with zero attached hydrogens (tertiary/aromatic N) is 3. The Morgan fingerprint density at radius 1 is 1.35 bits per heavy atom. The van der Waals surface area contributed by atoms with E-state index in [1.54, 1.807) is 7.11 Å². The summed E-state index contributed by atoms with van der Waals surface area (Å²) in [4.78, 5) is 2.32. The summed E-state index contributed by atoms with van der Waals surface area (Å²) in [6.45, 7) is 14.2. The van der Waals surface area contributed by atoms with Crippen LogP contribution in [0, 0.1) is 6.92 Å². The van der Waals surface area contributed by atoms with E-state index >= 15 is 0 Å². The number of rotatable bonds is 7. The van der Waals surface area contributed by atoms with E-state index in [0.717, 1.165) is 31.9 Å². The highest BCUT2D eigenvalue weighted by molar-refractivity contribution is 5.50. The van der Waals surface area contributed by atoms with Crippen LogP contribution in [0.4, 0.5) is 5.82 Å². The summed E-state index contributed by atoms with van der Waals surface area (Å²) in [5.41, 5.74) is 2.47. The summed E-state index contributed by atoms with van der Waals surface area (Å²) in [6.07, 6.45) is 0. The molecule has 5 nitrogen and oxygen atoms in total. The largest absolute Gasteiger partial charge is 0.383 e. The average Bonchev–Trinajstić information content (AvgIpc) is 2.62. The third kappa shape index (κ3) is 4.49. The molecule has 1 aromatic rings. The first kappa shape index (κ1) is 17.0. The molecule has 1 N–H and O–H groups in total. The predicted molar refractivity (Wildman–Crippen MR) is 84.3 cm³/mol. The lowest BCUT2D eigenvalue weighted by atomic mass is 10.1. The molecule has 0 saturated carbocycles. The fourth-order valence-corrected chi connectivity index (χ4v) is 2.26. The van der Waals surface area contributed by atoms with Crippen LogP contribution in [-0.4, -0.2) is 42.1 Å². The zero-order valence-electron chi connectivity index (χ0n) is 14.1. The molecule has 1 heterocycles. The van der Waals surface area contributed by atoms with Gasteiger partial charge in [-0.15, -0.1) is 0 Å². The summed E-state index contributed by atoms with van der Waals surface area (Å²) in [5, 5.41) is 8.14. The Hall–Kier alpha value is -1.07. The van der Waals surface area contributed by atoms with Gasteiger partial charge in [0.15, 0.2) is 0 Å². The Labute approximate surface area is 123 Å². The molecule has 0 atom stereocenters. The van der Waals surface area contributed by atoms with Crippen LogP contribution in [0.2, 0.25) is 0 Å². The summed E-state index contributed by atoms with van der Waals surface area (Å²) >= 11 is 0. The van der Waals surface area contributed by atoms with E-state index in [2.05, 4.69) is 49.9 Å². The molecule has 0 aliphatic heterocycles. The van der Waals surface area contributed by atoms with Gasteiger partial charge >= 0.3 is 0 Å². The Morgan fingerprint density at radius 3 is 2.50 bits per heavy atom. The van der Waals surface area contributed by atoms with Crippen LogP contribution in [0.1, 0.15) is 39.0 Å². The Kier molecular flexibility index (Phi) is 6.02. The first-order valence-corrected chi connectivity index (χ1v) is 7.31. The van der Waals surface area contributed by atoms with Gasteiger partial charge < -0.3 is 15.0 Å². The molecular formula is C15H30N4O.